The Labute approximate surface area is 139 Å². The average Bonchev–Trinajstić information content (AvgIpc) is 2.48. The summed E-state index contributed by atoms with van der Waals surface area (Å²) in [7, 11) is 0. The van der Waals surface area contributed by atoms with Crippen LogP contribution < -0.4 is 11.1 Å². The number of nitrogens with one attached hydrogen (secondary N) is 1. The summed E-state index contributed by atoms with van der Waals surface area (Å²) in [5, 5.41) is 2.72. The Morgan fingerprint density at radius 2 is 1.83 bits per heavy atom. The van der Waals surface area contributed by atoms with Crippen molar-refractivity contribution >= 4 is 11.6 Å². The van der Waals surface area contributed by atoms with Crippen LogP contribution in [0.15, 0.2) is 18.2 Å². The van der Waals surface area contributed by atoms with Gasteiger partial charge in [0.1, 0.15) is 0 Å². The second kappa shape index (κ2) is 6.39. The Morgan fingerprint density at radius 1 is 1.21 bits per heavy atom. The zero-order valence-electron chi connectivity index (χ0n) is 13.7. The topological polar surface area (TPSA) is 55.1 Å². The number of carbonyl (C=O) groups excluding carboxylic acids is 1. The molecule has 0 heterocycles. The average molecular weight is 340 g/mol. The molecule has 6 heteroatoms. The van der Waals surface area contributed by atoms with Gasteiger partial charge >= 0.3 is 6.18 Å². The van der Waals surface area contributed by atoms with E-state index in [9.17, 15) is 18.0 Å². The SMILES string of the molecule is Cc1ccc(C(F)(F)F)cc1NC(=O)C1CC2CCCC(C1)C2N. The molecular formula is C18H23F3N2O. The monoisotopic (exact) mass is 340 g/mol. The van der Waals surface area contributed by atoms with Gasteiger partial charge in [-0.25, -0.2) is 0 Å². The Bertz CT molecular complexity index is 615. The van der Waals surface area contributed by atoms with Crippen LogP contribution in [-0.4, -0.2) is 11.9 Å². The second-order valence-corrected chi connectivity index (χ2v) is 7.21. The van der Waals surface area contributed by atoms with E-state index < -0.39 is 11.7 Å². The molecule has 3 rings (SSSR count). The van der Waals surface area contributed by atoms with Crippen LogP contribution >= 0.6 is 0 Å². The fourth-order valence-corrected chi connectivity index (χ4v) is 4.17. The van der Waals surface area contributed by atoms with Crippen molar-refractivity contribution < 1.29 is 18.0 Å². The summed E-state index contributed by atoms with van der Waals surface area (Å²) in [5.41, 5.74) is 6.36. The molecule has 1 aromatic carbocycles. The first-order chi connectivity index (χ1) is 11.3. The Morgan fingerprint density at radius 3 is 2.42 bits per heavy atom. The van der Waals surface area contributed by atoms with Gasteiger partial charge in [0.2, 0.25) is 5.91 Å². The molecule has 0 aliphatic heterocycles. The van der Waals surface area contributed by atoms with Gasteiger partial charge < -0.3 is 11.1 Å². The number of amides is 1. The summed E-state index contributed by atoms with van der Waals surface area (Å²) in [6.45, 7) is 1.70. The first kappa shape index (κ1) is 17.3. The van der Waals surface area contributed by atoms with Crippen molar-refractivity contribution in [3.8, 4) is 0 Å². The van der Waals surface area contributed by atoms with Crippen LogP contribution in [0.5, 0.6) is 0 Å². The highest BCUT2D eigenvalue weighted by atomic mass is 19.4. The number of aryl methyl sites for hydroxylation is 1. The third-order valence-corrected chi connectivity index (χ3v) is 5.61. The van der Waals surface area contributed by atoms with Gasteiger partial charge in [0, 0.05) is 17.6 Å². The number of halogens is 3. The molecule has 1 amide bonds. The lowest BCUT2D eigenvalue weighted by Gasteiger charge is -2.43. The molecule has 132 valence electrons. The zero-order chi connectivity index (χ0) is 17.5. The van der Waals surface area contributed by atoms with E-state index in [0.29, 0.717) is 17.4 Å². The number of alkyl halides is 3. The summed E-state index contributed by atoms with van der Waals surface area (Å²) in [6.07, 6.45) is 0.309. The predicted octanol–water partition coefficient (Wildman–Crippen LogP) is 4.11. The highest BCUT2D eigenvalue weighted by molar-refractivity contribution is 5.93. The summed E-state index contributed by atoms with van der Waals surface area (Å²) in [6, 6.07) is 3.61. The van der Waals surface area contributed by atoms with Gasteiger partial charge in [-0.2, -0.15) is 13.2 Å². The molecule has 2 saturated carbocycles. The molecule has 3 N–H and O–H groups in total. The lowest BCUT2D eigenvalue weighted by molar-refractivity contribution is -0.137. The molecule has 1 aromatic rings. The summed E-state index contributed by atoms with van der Waals surface area (Å²) < 4.78 is 38.6. The third kappa shape index (κ3) is 3.43. The lowest BCUT2D eigenvalue weighted by Crippen LogP contribution is -2.48. The first-order valence-electron chi connectivity index (χ1n) is 8.50. The zero-order valence-corrected chi connectivity index (χ0v) is 13.7. The van der Waals surface area contributed by atoms with Crippen molar-refractivity contribution in [2.24, 2.45) is 23.5 Å². The minimum absolute atomic E-state index is 0.158. The van der Waals surface area contributed by atoms with E-state index in [1.54, 1.807) is 6.92 Å². The number of nitrogens with two attached hydrogens (primary N) is 1. The fraction of sp³-hybridized carbons (Fsp3) is 0.611. The maximum Gasteiger partial charge on any atom is 0.416 e. The van der Waals surface area contributed by atoms with Crippen LogP contribution in [0.1, 0.15) is 43.2 Å². The fourth-order valence-electron chi connectivity index (χ4n) is 4.17. The van der Waals surface area contributed by atoms with Crippen molar-refractivity contribution in [3.63, 3.8) is 0 Å². The number of benzene rings is 1. The van der Waals surface area contributed by atoms with Gasteiger partial charge in [-0.1, -0.05) is 12.5 Å². The Hall–Kier alpha value is -1.56. The first-order valence-corrected chi connectivity index (χ1v) is 8.50. The molecule has 2 unspecified atom stereocenters. The molecule has 0 saturated heterocycles. The van der Waals surface area contributed by atoms with E-state index in [2.05, 4.69) is 5.32 Å². The van der Waals surface area contributed by atoms with Gasteiger partial charge in [0.25, 0.3) is 0 Å². The largest absolute Gasteiger partial charge is 0.416 e. The molecule has 2 fully saturated rings. The Balaban J connectivity index is 1.73. The van der Waals surface area contributed by atoms with Crippen molar-refractivity contribution in [2.45, 2.75) is 51.2 Å². The Kier molecular flexibility index (Phi) is 4.60. The quantitative estimate of drug-likeness (QED) is 0.851. The predicted molar refractivity (Wildman–Crippen MR) is 86.3 cm³/mol. The van der Waals surface area contributed by atoms with Gasteiger partial charge in [0.05, 0.1) is 5.56 Å². The van der Waals surface area contributed by atoms with Crippen molar-refractivity contribution in [2.75, 3.05) is 5.32 Å². The maximum atomic E-state index is 12.9. The van der Waals surface area contributed by atoms with E-state index in [0.717, 1.165) is 44.2 Å². The number of hydrogen-bond donors (Lipinski definition) is 2. The van der Waals surface area contributed by atoms with Crippen molar-refractivity contribution in [3.05, 3.63) is 29.3 Å². The molecule has 2 aliphatic rings. The van der Waals surface area contributed by atoms with Gasteiger partial charge in [-0.3, -0.25) is 4.79 Å². The number of carbonyl (C=O) groups is 1. The number of rotatable bonds is 2. The minimum atomic E-state index is -4.41. The molecule has 0 radical (unpaired) electrons. The van der Waals surface area contributed by atoms with Crippen molar-refractivity contribution in [1.82, 2.24) is 0 Å². The molecule has 2 atom stereocenters. The number of anilines is 1. The van der Waals surface area contributed by atoms with Gasteiger partial charge in [-0.05, 0) is 62.1 Å². The molecule has 0 aromatic heterocycles. The van der Waals surface area contributed by atoms with E-state index in [-0.39, 0.29) is 23.6 Å². The molecule has 2 aliphatic carbocycles. The highest BCUT2D eigenvalue weighted by Gasteiger charge is 2.40. The molecular weight excluding hydrogens is 317 g/mol. The van der Waals surface area contributed by atoms with E-state index in [4.69, 9.17) is 5.73 Å². The van der Waals surface area contributed by atoms with Crippen LogP contribution in [-0.2, 0) is 11.0 Å². The van der Waals surface area contributed by atoms with E-state index in [1.165, 1.54) is 6.07 Å². The lowest BCUT2D eigenvalue weighted by atomic mass is 9.65. The third-order valence-electron chi connectivity index (χ3n) is 5.61. The second-order valence-electron chi connectivity index (χ2n) is 7.21. The number of fused-ring (bicyclic) bond motifs is 2. The summed E-state index contributed by atoms with van der Waals surface area (Å²) in [4.78, 5) is 12.6. The standard InChI is InChI=1S/C18H23F3N2O/c1-10-5-6-14(18(19,20)21)9-15(10)23-17(24)13-7-11-3-2-4-12(8-13)16(11)22/h5-6,9,11-13,16H,2-4,7-8,22H2,1H3,(H,23,24). The van der Waals surface area contributed by atoms with E-state index >= 15 is 0 Å². The maximum absolute atomic E-state index is 12.9. The smallest absolute Gasteiger partial charge is 0.327 e. The van der Waals surface area contributed by atoms with E-state index in [1.807, 2.05) is 0 Å². The molecule has 24 heavy (non-hydrogen) atoms. The van der Waals surface area contributed by atoms with Crippen LogP contribution in [0.3, 0.4) is 0 Å². The van der Waals surface area contributed by atoms with Crippen LogP contribution in [0.25, 0.3) is 0 Å². The normalized spacial score (nSPS) is 30.0. The molecule has 3 nitrogen and oxygen atoms in total. The number of hydrogen-bond acceptors (Lipinski definition) is 2. The van der Waals surface area contributed by atoms with Crippen LogP contribution in [0.2, 0.25) is 0 Å². The molecule has 0 spiro atoms. The van der Waals surface area contributed by atoms with Crippen LogP contribution in [0.4, 0.5) is 18.9 Å². The molecule has 2 bridgehead atoms. The highest BCUT2D eigenvalue weighted by Crippen LogP contribution is 2.42. The van der Waals surface area contributed by atoms with Crippen molar-refractivity contribution in [1.29, 1.82) is 0 Å². The summed E-state index contributed by atoms with van der Waals surface area (Å²) in [5.74, 6) is 0.377. The minimum Gasteiger partial charge on any atom is -0.327 e. The van der Waals surface area contributed by atoms with Crippen LogP contribution in [0, 0.1) is 24.7 Å². The van der Waals surface area contributed by atoms with Gasteiger partial charge in [0.15, 0.2) is 0 Å². The van der Waals surface area contributed by atoms with Gasteiger partial charge in [-0.15, -0.1) is 0 Å². The summed E-state index contributed by atoms with van der Waals surface area (Å²) >= 11 is 0.